The molecular weight excluding hydrogens is 372 g/mol. The number of Topliss-reactive ketones (excluding diaryl/α,β-unsaturated/α-hetero) is 1. The normalized spacial score (nSPS) is 12.0. The predicted octanol–water partition coefficient (Wildman–Crippen LogP) is 1.90. The van der Waals surface area contributed by atoms with E-state index in [1.165, 1.54) is 6.92 Å². The summed E-state index contributed by atoms with van der Waals surface area (Å²) in [4.78, 5) is 39.2. The van der Waals surface area contributed by atoms with E-state index in [9.17, 15) is 14.4 Å². The van der Waals surface area contributed by atoms with E-state index in [1.54, 1.807) is 0 Å². The Kier molecular flexibility index (Phi) is 8.28. The van der Waals surface area contributed by atoms with E-state index in [-0.39, 0.29) is 13.0 Å². The number of alkyl carbamates (subject to hydrolysis) is 1. The van der Waals surface area contributed by atoms with Gasteiger partial charge in [0.05, 0.1) is 6.04 Å². The van der Waals surface area contributed by atoms with Crippen LogP contribution in [0.15, 0.2) is 60.7 Å². The van der Waals surface area contributed by atoms with Gasteiger partial charge in [0.15, 0.2) is 0 Å². The highest BCUT2D eigenvalue weighted by molar-refractivity contribution is 6.28. The molecule has 0 saturated heterocycles. The molecule has 0 spiro atoms. The van der Waals surface area contributed by atoms with Crippen molar-refractivity contribution in [1.29, 1.82) is 0 Å². The van der Waals surface area contributed by atoms with Gasteiger partial charge >= 0.3 is 12.3 Å². The van der Waals surface area contributed by atoms with Gasteiger partial charge in [-0.2, -0.15) is 4.79 Å². The molecule has 2 aromatic carbocycles. The first kappa shape index (κ1) is 21.5. The summed E-state index contributed by atoms with van der Waals surface area (Å²) in [6.45, 7) is 1.52. The Morgan fingerprint density at radius 2 is 1.59 bits per heavy atom. The molecule has 0 aliphatic heterocycles. The van der Waals surface area contributed by atoms with E-state index < -0.39 is 29.9 Å². The van der Waals surface area contributed by atoms with Crippen molar-refractivity contribution >= 4 is 24.0 Å². The molecule has 0 fully saturated rings. The van der Waals surface area contributed by atoms with Crippen molar-refractivity contribution in [3.63, 3.8) is 0 Å². The molecule has 150 valence electrons. The number of nitrogens with one attached hydrogen (secondary N) is 2. The summed E-state index contributed by atoms with van der Waals surface area (Å²) in [6, 6.07) is 16.4. The average molecular weight is 394 g/mol. The molecule has 8 heteroatoms. The molecule has 0 unspecified atom stereocenters. The minimum Gasteiger partial charge on any atom is -0.445 e. The molecule has 0 aromatic heterocycles. The number of ether oxygens (including phenoxy) is 1. The Bertz CT molecular complexity index is 880. The first-order valence-electron chi connectivity index (χ1n) is 9.02. The van der Waals surface area contributed by atoms with Crippen LogP contribution in [0.4, 0.5) is 4.79 Å². The van der Waals surface area contributed by atoms with Crippen molar-refractivity contribution in [3.8, 4) is 0 Å². The van der Waals surface area contributed by atoms with E-state index in [0.29, 0.717) is 6.21 Å². The number of nitrogens with zero attached hydrogens (tertiary/aromatic N) is 2. The molecule has 0 aliphatic rings. The third-order valence-corrected chi connectivity index (χ3v) is 4.07. The fourth-order valence-corrected chi connectivity index (χ4v) is 2.52. The maximum absolute atomic E-state index is 12.6. The van der Waals surface area contributed by atoms with Gasteiger partial charge in [-0.15, -0.1) is 0 Å². The molecule has 29 heavy (non-hydrogen) atoms. The van der Waals surface area contributed by atoms with E-state index in [2.05, 4.69) is 15.4 Å². The topological polar surface area (TPSA) is 121 Å². The number of amides is 2. The smallest absolute Gasteiger partial charge is 0.408 e. The molecule has 0 heterocycles. The highest BCUT2D eigenvalue weighted by Gasteiger charge is 2.25. The summed E-state index contributed by atoms with van der Waals surface area (Å²) in [5, 5.41) is 5.05. The van der Waals surface area contributed by atoms with Gasteiger partial charge in [0.1, 0.15) is 12.6 Å². The van der Waals surface area contributed by atoms with E-state index in [4.69, 9.17) is 10.3 Å². The SMILES string of the molecule is C[C@@H](NC(=O)[C@@H](Cc1ccccc1)NC(=O)OCc1ccccc1)C(=O)C=[N+]=[N-]. The number of hydrogen-bond acceptors (Lipinski definition) is 4. The van der Waals surface area contributed by atoms with Crippen molar-refractivity contribution in [2.24, 2.45) is 0 Å². The van der Waals surface area contributed by atoms with Crippen LogP contribution in [-0.4, -0.2) is 40.9 Å². The number of ketones is 1. The fraction of sp³-hybridized carbons (Fsp3) is 0.238. The zero-order valence-electron chi connectivity index (χ0n) is 15.9. The van der Waals surface area contributed by atoms with Gasteiger partial charge < -0.3 is 20.9 Å². The van der Waals surface area contributed by atoms with Gasteiger partial charge in [0.2, 0.25) is 5.91 Å². The predicted molar refractivity (Wildman–Crippen MR) is 106 cm³/mol. The zero-order chi connectivity index (χ0) is 21.1. The van der Waals surface area contributed by atoms with Gasteiger partial charge in [-0.25, -0.2) is 4.79 Å². The lowest BCUT2D eigenvalue weighted by molar-refractivity contribution is -0.127. The van der Waals surface area contributed by atoms with Crippen LogP contribution in [0.25, 0.3) is 5.53 Å². The molecule has 2 amide bonds. The van der Waals surface area contributed by atoms with Crippen LogP contribution in [0.3, 0.4) is 0 Å². The largest absolute Gasteiger partial charge is 0.445 e. The molecular formula is C21H22N4O4. The summed E-state index contributed by atoms with van der Waals surface area (Å²) in [6.07, 6.45) is 0.168. The number of carbonyl (C=O) groups excluding carboxylic acids is 3. The van der Waals surface area contributed by atoms with Gasteiger partial charge in [0, 0.05) is 6.42 Å². The Morgan fingerprint density at radius 1 is 1.00 bits per heavy atom. The van der Waals surface area contributed by atoms with Crippen molar-refractivity contribution in [1.82, 2.24) is 10.6 Å². The summed E-state index contributed by atoms with van der Waals surface area (Å²) < 4.78 is 5.19. The molecule has 2 N–H and O–H groups in total. The number of benzene rings is 2. The van der Waals surface area contributed by atoms with E-state index in [0.717, 1.165) is 11.1 Å². The van der Waals surface area contributed by atoms with Crippen LogP contribution in [0.1, 0.15) is 18.1 Å². The average Bonchev–Trinajstić information content (AvgIpc) is 2.73. The highest BCUT2D eigenvalue weighted by Crippen LogP contribution is 2.06. The second-order valence-corrected chi connectivity index (χ2v) is 6.33. The van der Waals surface area contributed by atoms with Crippen molar-refractivity contribution in [2.75, 3.05) is 0 Å². The van der Waals surface area contributed by atoms with Crippen LogP contribution in [0.2, 0.25) is 0 Å². The van der Waals surface area contributed by atoms with E-state index >= 15 is 0 Å². The van der Waals surface area contributed by atoms with Crippen LogP contribution < -0.4 is 10.6 Å². The monoisotopic (exact) mass is 394 g/mol. The Balaban J connectivity index is 2.03. The fourth-order valence-electron chi connectivity index (χ4n) is 2.52. The first-order chi connectivity index (χ1) is 14.0. The number of rotatable bonds is 9. The van der Waals surface area contributed by atoms with Gasteiger partial charge in [0.25, 0.3) is 5.78 Å². The third-order valence-electron chi connectivity index (χ3n) is 4.07. The maximum Gasteiger partial charge on any atom is 0.408 e. The molecule has 0 aliphatic carbocycles. The lowest BCUT2D eigenvalue weighted by Gasteiger charge is -2.20. The quantitative estimate of drug-likeness (QED) is 0.383. The summed E-state index contributed by atoms with van der Waals surface area (Å²) in [5.74, 6) is -1.14. The Hall–Kier alpha value is -3.77. The molecule has 0 bridgehead atoms. The molecule has 8 nitrogen and oxygen atoms in total. The van der Waals surface area contributed by atoms with Crippen LogP contribution in [-0.2, 0) is 27.4 Å². The van der Waals surface area contributed by atoms with Gasteiger partial charge in [-0.05, 0) is 18.1 Å². The summed E-state index contributed by atoms with van der Waals surface area (Å²) in [7, 11) is 0. The second-order valence-electron chi connectivity index (χ2n) is 6.33. The molecule has 0 radical (unpaired) electrons. The van der Waals surface area contributed by atoms with Gasteiger partial charge in [-0.1, -0.05) is 60.7 Å². The van der Waals surface area contributed by atoms with Crippen molar-refractivity contribution in [3.05, 3.63) is 77.3 Å². The first-order valence-corrected chi connectivity index (χ1v) is 9.02. The van der Waals surface area contributed by atoms with Crippen LogP contribution in [0, 0.1) is 0 Å². The van der Waals surface area contributed by atoms with Gasteiger partial charge in [-0.3, -0.25) is 9.59 Å². The van der Waals surface area contributed by atoms with Crippen LogP contribution >= 0.6 is 0 Å². The zero-order valence-corrected chi connectivity index (χ0v) is 15.9. The minimum absolute atomic E-state index is 0.0637. The lowest BCUT2D eigenvalue weighted by Crippen LogP contribution is -2.52. The van der Waals surface area contributed by atoms with Crippen molar-refractivity contribution in [2.45, 2.75) is 32.0 Å². The molecule has 0 saturated carbocycles. The van der Waals surface area contributed by atoms with Crippen molar-refractivity contribution < 1.29 is 23.9 Å². The summed E-state index contributed by atoms with van der Waals surface area (Å²) in [5.41, 5.74) is 10.1. The molecule has 2 aromatic rings. The van der Waals surface area contributed by atoms with E-state index in [1.807, 2.05) is 60.7 Å². The minimum atomic E-state index is -0.956. The Labute approximate surface area is 168 Å². The maximum atomic E-state index is 12.6. The third kappa shape index (κ3) is 7.40. The molecule has 2 atom stereocenters. The second kappa shape index (κ2) is 11.2. The highest BCUT2D eigenvalue weighted by atomic mass is 16.5. The Morgan fingerprint density at radius 3 is 2.17 bits per heavy atom. The summed E-state index contributed by atoms with van der Waals surface area (Å²) >= 11 is 0. The number of carbonyl (C=O) groups is 3. The van der Waals surface area contributed by atoms with Crippen LogP contribution in [0.5, 0.6) is 0 Å². The lowest BCUT2D eigenvalue weighted by atomic mass is 10.0. The molecule has 2 rings (SSSR count). The standard InChI is InChI=1S/C21H22N4O4/c1-15(19(26)13-23-22)24-20(27)18(12-16-8-4-2-5-9-16)25-21(28)29-14-17-10-6-3-7-11-17/h2-11,13,15,18H,12,14H2,1H3,(H,24,27)(H,25,28)/t15-,18-/m1/s1. The number of hydrogen-bond donors (Lipinski definition) is 2.